The molecule has 0 bridgehead atoms. The Hall–Kier alpha value is -3.82. The van der Waals surface area contributed by atoms with Crippen LogP contribution >= 0.6 is 0 Å². The quantitative estimate of drug-likeness (QED) is 0.467. The largest absolute Gasteiger partial charge is 0.356 e. The monoisotopic (exact) mass is 435 g/mol. The molecular formula is C22H25N7O3. The van der Waals surface area contributed by atoms with E-state index in [0.717, 1.165) is 49.4 Å². The molecule has 0 atom stereocenters. The zero-order chi connectivity index (χ0) is 22.7. The summed E-state index contributed by atoms with van der Waals surface area (Å²) in [6, 6.07) is 8.37. The molecule has 0 aliphatic carbocycles. The second kappa shape index (κ2) is 9.13. The molecule has 2 aromatic heterocycles. The molecular weight excluding hydrogens is 410 g/mol. The van der Waals surface area contributed by atoms with Crippen LogP contribution in [-0.4, -0.2) is 49.7 Å². The van der Waals surface area contributed by atoms with Crippen LogP contribution in [0.5, 0.6) is 0 Å². The number of anilines is 1. The van der Waals surface area contributed by atoms with E-state index in [4.69, 9.17) is 4.98 Å². The van der Waals surface area contributed by atoms with Crippen LogP contribution in [0.25, 0.3) is 11.4 Å². The van der Waals surface area contributed by atoms with Crippen molar-refractivity contribution in [2.45, 2.75) is 32.2 Å². The molecule has 1 saturated heterocycles. The Kier molecular flexibility index (Phi) is 6.11. The van der Waals surface area contributed by atoms with Crippen molar-refractivity contribution < 1.29 is 9.72 Å². The Morgan fingerprint density at radius 1 is 1.22 bits per heavy atom. The van der Waals surface area contributed by atoms with Crippen LogP contribution in [0.3, 0.4) is 0 Å². The lowest BCUT2D eigenvalue weighted by atomic mass is 10.0. The summed E-state index contributed by atoms with van der Waals surface area (Å²) in [4.78, 5) is 34.4. The molecule has 3 aromatic rings. The van der Waals surface area contributed by atoms with Crippen LogP contribution in [-0.2, 0) is 13.5 Å². The third-order valence-corrected chi connectivity index (χ3v) is 5.59. The smallest absolute Gasteiger partial charge is 0.269 e. The van der Waals surface area contributed by atoms with Crippen LogP contribution in [0.15, 0.2) is 42.7 Å². The van der Waals surface area contributed by atoms with Crippen molar-refractivity contribution in [2.75, 3.05) is 18.0 Å². The Morgan fingerprint density at radius 2 is 1.94 bits per heavy atom. The SMILES string of the molecule is CCc1cc(N2CCC(NC(=O)c3cnn(C)c3)CC2)nc(-c2ccc([N+](=O)[O-])cc2)n1. The molecule has 0 unspecified atom stereocenters. The number of nitrogens with zero attached hydrogens (tertiary/aromatic N) is 6. The number of aryl methyl sites for hydroxylation is 2. The average Bonchev–Trinajstić information content (AvgIpc) is 3.25. The first kappa shape index (κ1) is 21.4. The van der Waals surface area contributed by atoms with Crippen LogP contribution in [0.2, 0.25) is 0 Å². The number of carbonyl (C=O) groups excluding carboxylic acids is 1. The van der Waals surface area contributed by atoms with Gasteiger partial charge in [0.25, 0.3) is 11.6 Å². The molecule has 1 N–H and O–H groups in total. The number of rotatable bonds is 6. The van der Waals surface area contributed by atoms with Crippen molar-refractivity contribution in [3.8, 4) is 11.4 Å². The Labute approximate surface area is 185 Å². The molecule has 1 fully saturated rings. The molecule has 4 rings (SSSR count). The lowest BCUT2D eigenvalue weighted by molar-refractivity contribution is -0.384. The molecule has 10 nitrogen and oxygen atoms in total. The fourth-order valence-corrected chi connectivity index (χ4v) is 3.75. The van der Waals surface area contributed by atoms with Gasteiger partial charge in [0.2, 0.25) is 0 Å². The number of aromatic nitrogens is 4. The van der Waals surface area contributed by atoms with Gasteiger partial charge >= 0.3 is 0 Å². The molecule has 1 aliphatic rings. The fraction of sp³-hybridized carbons (Fsp3) is 0.364. The third-order valence-electron chi connectivity index (χ3n) is 5.59. The summed E-state index contributed by atoms with van der Waals surface area (Å²) in [6.45, 7) is 3.56. The highest BCUT2D eigenvalue weighted by Gasteiger charge is 2.23. The van der Waals surface area contributed by atoms with Gasteiger partial charge < -0.3 is 10.2 Å². The molecule has 166 valence electrons. The van der Waals surface area contributed by atoms with Gasteiger partial charge in [0.15, 0.2) is 5.82 Å². The number of benzene rings is 1. The first-order chi connectivity index (χ1) is 15.4. The van der Waals surface area contributed by atoms with Gasteiger partial charge in [-0.15, -0.1) is 0 Å². The number of hydrogen-bond acceptors (Lipinski definition) is 7. The summed E-state index contributed by atoms with van der Waals surface area (Å²) < 4.78 is 1.61. The maximum Gasteiger partial charge on any atom is 0.269 e. The second-order valence-corrected chi connectivity index (χ2v) is 7.84. The van der Waals surface area contributed by atoms with Crippen molar-refractivity contribution in [3.63, 3.8) is 0 Å². The number of nitro benzene ring substituents is 1. The molecule has 3 heterocycles. The van der Waals surface area contributed by atoms with Crippen molar-refractivity contribution in [3.05, 3.63) is 64.1 Å². The van der Waals surface area contributed by atoms with Gasteiger partial charge in [-0.25, -0.2) is 9.97 Å². The molecule has 0 radical (unpaired) electrons. The highest BCUT2D eigenvalue weighted by Crippen LogP contribution is 2.25. The highest BCUT2D eigenvalue weighted by molar-refractivity contribution is 5.93. The Bertz CT molecular complexity index is 1120. The lowest BCUT2D eigenvalue weighted by Gasteiger charge is -2.33. The predicted octanol–water partition coefficient (Wildman–Crippen LogP) is 2.75. The minimum absolute atomic E-state index is 0.0380. The molecule has 0 saturated carbocycles. The predicted molar refractivity (Wildman–Crippen MR) is 119 cm³/mol. The highest BCUT2D eigenvalue weighted by atomic mass is 16.6. The topological polar surface area (TPSA) is 119 Å². The maximum absolute atomic E-state index is 12.4. The molecule has 1 amide bonds. The van der Waals surface area contributed by atoms with Crippen LogP contribution in [0.4, 0.5) is 11.5 Å². The minimum Gasteiger partial charge on any atom is -0.356 e. The summed E-state index contributed by atoms with van der Waals surface area (Å²) in [6.07, 6.45) is 5.65. The van der Waals surface area contributed by atoms with E-state index in [2.05, 4.69) is 20.3 Å². The number of hydrogen-bond donors (Lipinski definition) is 1. The van der Waals surface area contributed by atoms with Crippen LogP contribution in [0, 0.1) is 10.1 Å². The number of amides is 1. The van der Waals surface area contributed by atoms with E-state index < -0.39 is 4.92 Å². The zero-order valence-corrected chi connectivity index (χ0v) is 18.1. The van der Waals surface area contributed by atoms with E-state index in [0.29, 0.717) is 11.4 Å². The Balaban J connectivity index is 1.45. The summed E-state index contributed by atoms with van der Waals surface area (Å²) in [5.74, 6) is 1.29. The summed E-state index contributed by atoms with van der Waals surface area (Å²) in [7, 11) is 1.78. The third kappa shape index (κ3) is 4.74. The standard InChI is InChI=1S/C22H25N7O3/c1-3-17-12-20(26-21(24-17)15-4-6-19(7-5-15)29(31)32)28-10-8-18(9-11-28)25-22(30)16-13-23-27(2)14-16/h4-7,12-14,18H,3,8-11H2,1-2H3,(H,25,30). The molecule has 1 aliphatic heterocycles. The average molecular weight is 435 g/mol. The molecule has 0 spiro atoms. The van der Waals surface area contributed by atoms with E-state index in [1.807, 2.05) is 13.0 Å². The van der Waals surface area contributed by atoms with Crippen LogP contribution < -0.4 is 10.2 Å². The van der Waals surface area contributed by atoms with Gasteiger partial charge in [-0.05, 0) is 31.4 Å². The van der Waals surface area contributed by atoms with E-state index in [9.17, 15) is 14.9 Å². The normalized spacial score (nSPS) is 14.4. The summed E-state index contributed by atoms with van der Waals surface area (Å²) >= 11 is 0. The number of non-ortho nitro benzene ring substituents is 1. The summed E-state index contributed by atoms with van der Waals surface area (Å²) in [5, 5.41) is 18.1. The minimum atomic E-state index is -0.421. The molecule has 10 heteroatoms. The van der Waals surface area contributed by atoms with Crippen molar-refractivity contribution in [1.82, 2.24) is 25.1 Å². The molecule has 1 aromatic carbocycles. The van der Waals surface area contributed by atoms with Gasteiger partial charge in [-0.3, -0.25) is 19.6 Å². The van der Waals surface area contributed by atoms with E-state index in [-0.39, 0.29) is 17.6 Å². The van der Waals surface area contributed by atoms with E-state index in [1.54, 1.807) is 36.3 Å². The molecule has 32 heavy (non-hydrogen) atoms. The van der Waals surface area contributed by atoms with Gasteiger partial charge in [0.1, 0.15) is 5.82 Å². The van der Waals surface area contributed by atoms with Crippen molar-refractivity contribution in [2.24, 2.45) is 7.05 Å². The van der Waals surface area contributed by atoms with Gasteiger partial charge in [-0.1, -0.05) is 6.92 Å². The van der Waals surface area contributed by atoms with E-state index in [1.165, 1.54) is 12.1 Å². The first-order valence-corrected chi connectivity index (χ1v) is 10.6. The number of carbonyl (C=O) groups is 1. The number of piperidine rings is 1. The van der Waals surface area contributed by atoms with E-state index >= 15 is 0 Å². The summed E-state index contributed by atoms with van der Waals surface area (Å²) in [5.41, 5.74) is 2.25. The number of nitrogens with one attached hydrogen (secondary N) is 1. The number of nitro groups is 1. The second-order valence-electron chi connectivity index (χ2n) is 7.84. The van der Waals surface area contributed by atoms with Gasteiger partial charge in [0, 0.05) is 61.8 Å². The zero-order valence-electron chi connectivity index (χ0n) is 18.1. The lowest BCUT2D eigenvalue weighted by Crippen LogP contribution is -2.45. The van der Waals surface area contributed by atoms with Crippen molar-refractivity contribution >= 4 is 17.4 Å². The first-order valence-electron chi connectivity index (χ1n) is 10.6. The van der Waals surface area contributed by atoms with Crippen molar-refractivity contribution in [1.29, 1.82) is 0 Å². The maximum atomic E-state index is 12.4. The van der Waals surface area contributed by atoms with Crippen LogP contribution in [0.1, 0.15) is 35.8 Å². The fourth-order valence-electron chi connectivity index (χ4n) is 3.75. The van der Waals surface area contributed by atoms with Gasteiger partial charge in [-0.2, -0.15) is 5.10 Å². The Morgan fingerprint density at radius 3 is 2.53 bits per heavy atom. The van der Waals surface area contributed by atoms with Gasteiger partial charge in [0.05, 0.1) is 16.7 Å².